The number of benzene rings is 1. The van der Waals surface area contributed by atoms with Gasteiger partial charge in [-0.2, -0.15) is 0 Å². The zero-order valence-corrected chi connectivity index (χ0v) is 57.1. The first-order valence-corrected chi connectivity index (χ1v) is 32.1. The zero-order chi connectivity index (χ0) is 72.0. The van der Waals surface area contributed by atoms with Crippen LogP contribution in [0.4, 0.5) is 4.79 Å². The smallest absolute Gasteiger partial charge is 0.407 e. The number of aliphatic hydroxyl groups is 5. The molecule has 1 saturated heterocycles. The summed E-state index contributed by atoms with van der Waals surface area (Å²) in [5.74, 6) is -8.50. The molecule has 2 rings (SSSR count). The van der Waals surface area contributed by atoms with E-state index in [2.05, 4.69) is 37.2 Å². The third-order valence-electron chi connectivity index (χ3n) is 16.6. The molecule has 0 saturated carbocycles. The van der Waals surface area contributed by atoms with Crippen molar-refractivity contribution in [3.05, 3.63) is 35.9 Å². The average Bonchev–Trinajstić information content (AvgIpc) is 1.79. The summed E-state index contributed by atoms with van der Waals surface area (Å²) in [6, 6.07) is 0.927. The number of likely N-dealkylation sites (N-methyl/N-ethyl adjacent to an activating group) is 2. The van der Waals surface area contributed by atoms with Gasteiger partial charge in [0.15, 0.2) is 0 Å². The first kappa shape index (κ1) is 83.9. The Morgan fingerprint density at radius 3 is 1.93 bits per heavy atom. The third-order valence-corrected chi connectivity index (χ3v) is 16.6. The summed E-state index contributed by atoms with van der Waals surface area (Å²) in [6.07, 6.45) is -9.57. The first-order valence-electron chi connectivity index (χ1n) is 32.1. The van der Waals surface area contributed by atoms with Gasteiger partial charge in [-0.1, -0.05) is 85.2 Å². The van der Waals surface area contributed by atoms with Gasteiger partial charge in [0.1, 0.15) is 55.1 Å². The molecule has 95 heavy (non-hydrogen) atoms. The fourth-order valence-electron chi connectivity index (χ4n) is 11.1. The Balaban J connectivity index is 2.00. The topological polar surface area (TPSA) is 466 Å². The molecule has 0 bridgehead atoms. The van der Waals surface area contributed by atoms with Crippen LogP contribution in [0.25, 0.3) is 0 Å². The molecule has 1 heterocycles. The molecule has 16 atom stereocenters. The van der Waals surface area contributed by atoms with Crippen molar-refractivity contribution >= 4 is 65.3 Å². The molecule has 0 aromatic heterocycles. The largest absolute Gasteiger partial charge is 0.480 e. The number of rotatable bonds is 43. The van der Waals surface area contributed by atoms with Crippen molar-refractivity contribution in [3.63, 3.8) is 0 Å². The minimum atomic E-state index is -1.95. The van der Waals surface area contributed by atoms with E-state index in [0.717, 1.165) is 5.56 Å². The fourth-order valence-corrected chi connectivity index (χ4v) is 11.1. The van der Waals surface area contributed by atoms with Crippen molar-refractivity contribution in [3.8, 4) is 0 Å². The Morgan fingerprint density at radius 1 is 0.716 bits per heavy atom. The number of aliphatic carboxylic acids is 1. The second kappa shape index (κ2) is 42.4. The van der Waals surface area contributed by atoms with Crippen molar-refractivity contribution in [2.24, 2.45) is 29.4 Å². The Kier molecular flexibility index (Phi) is 37.5. The van der Waals surface area contributed by atoms with E-state index < -0.39 is 178 Å². The molecule has 0 aliphatic carbocycles. The summed E-state index contributed by atoms with van der Waals surface area (Å²) in [5.41, 5.74) is 6.40. The number of hydrogen-bond donors (Lipinski definition) is 14. The minimum absolute atomic E-state index is 0.0169. The average molecular weight is 1350 g/mol. The van der Waals surface area contributed by atoms with Gasteiger partial charge in [0.25, 0.3) is 0 Å². The Morgan fingerprint density at radius 2 is 1.36 bits per heavy atom. The first-order chi connectivity index (χ1) is 44.7. The summed E-state index contributed by atoms with van der Waals surface area (Å²) >= 11 is 0. The molecular formula is C63H107N11O21. The molecule has 32 heteroatoms. The summed E-state index contributed by atoms with van der Waals surface area (Å²) in [7, 11) is 8.27. The molecule has 0 spiro atoms. The SMILES string of the molecule is CC[C@H](C)[C@@H]([C@@H](CC(=O)N1CCC[C@H]1[C@H](OC)[C@@H](C)C(=O)N[C@@H](Cc1ccccc1)C(=O)NCCCOC(=O)C(C)NC(=O)CC(NC(=O)CCNC(=O)OCC(N)C(=O)NC[C@H](O)[C@@H](O)[C@H](O)[C@H](O)CO)C(=O)O)OC)N(C)C(=O)[C@@H](NC(=O)[C@H](C(C)C)N(C)C)C(C)C. The molecule has 1 aromatic rings. The lowest BCUT2D eigenvalue weighted by Gasteiger charge is -2.41. The summed E-state index contributed by atoms with van der Waals surface area (Å²) in [6.45, 7) is 12.0. The highest BCUT2D eigenvalue weighted by atomic mass is 16.6. The van der Waals surface area contributed by atoms with Gasteiger partial charge in [0.2, 0.25) is 47.3 Å². The van der Waals surface area contributed by atoms with Crippen LogP contribution < -0.4 is 43.0 Å². The number of nitrogens with zero attached hydrogens (tertiary/aromatic N) is 3. The molecule has 540 valence electrons. The maximum Gasteiger partial charge on any atom is 0.407 e. The molecule has 0 radical (unpaired) electrons. The summed E-state index contributed by atoms with van der Waals surface area (Å²) in [4.78, 5) is 150. The lowest BCUT2D eigenvalue weighted by molar-refractivity contribution is -0.148. The molecule has 1 aromatic carbocycles. The molecular weight excluding hydrogens is 1250 g/mol. The molecule has 9 amide bonds. The van der Waals surface area contributed by atoms with Crippen LogP contribution in [0.1, 0.15) is 106 Å². The number of carbonyl (C=O) groups excluding carboxylic acids is 10. The second-order valence-corrected chi connectivity index (χ2v) is 24.9. The number of esters is 1. The van der Waals surface area contributed by atoms with Crippen LogP contribution in [0.5, 0.6) is 0 Å². The molecule has 32 nitrogen and oxygen atoms in total. The number of carbonyl (C=O) groups is 11. The van der Waals surface area contributed by atoms with E-state index in [9.17, 15) is 78.3 Å². The van der Waals surface area contributed by atoms with Crippen LogP contribution in [-0.4, -0.2) is 277 Å². The lowest BCUT2D eigenvalue weighted by atomic mass is 9.89. The summed E-state index contributed by atoms with van der Waals surface area (Å²) < 4.78 is 22.2. The maximum absolute atomic E-state index is 14.5. The highest BCUT2D eigenvalue weighted by Gasteiger charge is 2.44. The zero-order valence-electron chi connectivity index (χ0n) is 57.1. The number of carboxylic acid groups (broad SMARTS) is 1. The summed E-state index contributed by atoms with van der Waals surface area (Å²) in [5, 5.41) is 74.9. The Labute approximate surface area is 556 Å². The van der Waals surface area contributed by atoms with E-state index in [1.165, 1.54) is 21.1 Å². The highest BCUT2D eigenvalue weighted by molar-refractivity contribution is 5.92. The number of aliphatic hydroxyl groups excluding tert-OH is 5. The fraction of sp³-hybridized carbons (Fsp3) is 0.730. The second-order valence-electron chi connectivity index (χ2n) is 24.9. The van der Waals surface area contributed by atoms with Gasteiger partial charge in [0, 0.05) is 60.3 Å². The maximum atomic E-state index is 14.5. The van der Waals surface area contributed by atoms with Crippen molar-refractivity contribution in [2.75, 3.05) is 81.4 Å². The van der Waals surface area contributed by atoms with Crippen LogP contribution in [0.3, 0.4) is 0 Å². The van der Waals surface area contributed by atoms with Crippen LogP contribution >= 0.6 is 0 Å². The normalized spacial score (nSPS) is 17.9. The molecule has 3 unspecified atom stereocenters. The van der Waals surface area contributed by atoms with E-state index in [4.69, 9.17) is 29.8 Å². The number of amides is 9. The Bertz CT molecular complexity index is 2620. The van der Waals surface area contributed by atoms with Crippen LogP contribution in [0, 0.1) is 23.7 Å². The van der Waals surface area contributed by atoms with E-state index >= 15 is 0 Å². The van der Waals surface area contributed by atoms with Crippen molar-refractivity contribution in [1.82, 2.24) is 51.9 Å². The number of ether oxygens (including phenoxy) is 4. The number of alkyl carbamates (subject to hydrolysis) is 1. The van der Waals surface area contributed by atoms with E-state index in [1.807, 2.05) is 60.5 Å². The molecule has 15 N–H and O–H groups in total. The monoisotopic (exact) mass is 1350 g/mol. The number of hydrogen-bond acceptors (Lipinski definition) is 22. The number of nitrogens with two attached hydrogens (primary N) is 1. The van der Waals surface area contributed by atoms with Crippen molar-refractivity contribution in [2.45, 2.75) is 192 Å². The third kappa shape index (κ3) is 27.5. The van der Waals surface area contributed by atoms with Crippen molar-refractivity contribution < 1.29 is 102 Å². The predicted molar refractivity (Wildman–Crippen MR) is 344 cm³/mol. The number of likely N-dealkylation sites (tertiary alicyclic amines) is 1. The van der Waals surface area contributed by atoms with E-state index in [0.29, 0.717) is 25.8 Å². The lowest BCUT2D eigenvalue weighted by Crippen LogP contribution is -2.59. The molecule has 1 aliphatic rings. The molecule has 1 aliphatic heterocycles. The quantitative estimate of drug-likeness (QED) is 0.0227. The van der Waals surface area contributed by atoms with Crippen LogP contribution in [-0.2, 0) is 73.3 Å². The predicted octanol–water partition coefficient (Wildman–Crippen LogP) is -3.13. The van der Waals surface area contributed by atoms with E-state index in [-0.39, 0.29) is 67.9 Å². The van der Waals surface area contributed by atoms with Gasteiger partial charge >= 0.3 is 18.0 Å². The van der Waals surface area contributed by atoms with Gasteiger partial charge in [0.05, 0.1) is 68.4 Å². The molecule has 1 fully saturated rings. The van der Waals surface area contributed by atoms with Gasteiger partial charge in [-0.15, -0.1) is 0 Å². The highest BCUT2D eigenvalue weighted by Crippen LogP contribution is 2.30. The van der Waals surface area contributed by atoms with Crippen LogP contribution in [0.15, 0.2) is 30.3 Å². The number of methoxy groups -OCH3 is 2. The van der Waals surface area contributed by atoms with Gasteiger partial charge in [-0.25, -0.2) is 14.4 Å². The van der Waals surface area contributed by atoms with E-state index in [1.54, 1.807) is 54.1 Å². The number of carboxylic acids is 1. The number of nitrogens with one attached hydrogen (secondary N) is 7. The van der Waals surface area contributed by atoms with Gasteiger partial charge in [-0.05, 0) is 63.6 Å². The standard InChI is InChI=1S/C63H107N11O21/c1-14-36(6)52(73(11)60(87)50(34(2)3)71-59(86)51(35(4)5)72(9)10)46(92-12)30-49(80)74-26-18-22-43(74)55(93-13)37(7)56(83)70-41(28-39-20-16-15-17-21-39)58(85)65-24-19-27-94-62(90)38(8)68-48(79)29-42(61(88)89)69-47(78)23-25-66-63(91)95-33-40(64)57(84)67-31-44(76)53(81)54(82)45(77)32-75/h15-17,20-21,34-38,40-46,50-55,75-77,81-82H,14,18-19,22-33,64H2,1-13H3,(H,65,85)(H,66,91)(H,67,84)(H,68,79)(H,69,78)(H,70,83)(H,71,86)(H,88,89)/t36-,37+,38?,40?,41-,42?,43-,44-,45+,46+,50-,51-,52-,53+,54+,55+/m0/s1. The Hall–Kier alpha value is -7.17. The minimum Gasteiger partial charge on any atom is -0.480 e. The van der Waals surface area contributed by atoms with Crippen LogP contribution in [0.2, 0.25) is 0 Å². The van der Waals surface area contributed by atoms with Gasteiger partial charge < -0.3 is 102 Å². The van der Waals surface area contributed by atoms with Gasteiger partial charge in [-0.3, -0.25) is 43.3 Å². The van der Waals surface area contributed by atoms with Crippen molar-refractivity contribution in [1.29, 1.82) is 0 Å².